The molecule has 0 aromatic carbocycles. The Morgan fingerprint density at radius 2 is 2.19 bits per heavy atom. The molecule has 0 aliphatic carbocycles. The highest BCUT2D eigenvalue weighted by atomic mass is 16.1. The third kappa shape index (κ3) is 5.57. The molecule has 2 unspecified atom stereocenters. The van der Waals surface area contributed by atoms with Gasteiger partial charge >= 0.3 is 0 Å². The Morgan fingerprint density at radius 3 is 2.71 bits per heavy atom. The summed E-state index contributed by atoms with van der Waals surface area (Å²) >= 11 is 0. The van der Waals surface area contributed by atoms with E-state index in [0.29, 0.717) is 6.04 Å². The number of hydrogen-bond acceptors (Lipinski definition) is 4. The summed E-state index contributed by atoms with van der Waals surface area (Å²) in [7, 11) is 2.14. The molecule has 1 rings (SSSR count). The van der Waals surface area contributed by atoms with Gasteiger partial charge in [-0.15, -0.1) is 0 Å². The summed E-state index contributed by atoms with van der Waals surface area (Å²) in [6, 6.07) is 0.913. The van der Waals surface area contributed by atoms with Gasteiger partial charge in [0, 0.05) is 25.2 Å². The first-order valence-corrected chi connectivity index (χ1v) is 8.28. The Morgan fingerprint density at radius 1 is 1.52 bits per heavy atom. The quantitative estimate of drug-likeness (QED) is 0.667. The summed E-state index contributed by atoms with van der Waals surface area (Å²) in [6.07, 6.45) is 3.34. The predicted octanol–water partition coefficient (Wildman–Crippen LogP) is 1.03. The van der Waals surface area contributed by atoms with Crippen molar-refractivity contribution in [1.29, 1.82) is 0 Å². The second-order valence-electron chi connectivity index (χ2n) is 6.93. The van der Waals surface area contributed by atoms with Gasteiger partial charge in [-0.05, 0) is 60.2 Å². The maximum atomic E-state index is 11.7. The molecule has 1 saturated heterocycles. The van der Waals surface area contributed by atoms with Crippen molar-refractivity contribution >= 4 is 5.91 Å². The van der Waals surface area contributed by atoms with Crippen molar-refractivity contribution < 1.29 is 4.79 Å². The standard InChI is InChI=1S/C16H34N4O/c1-6-20-10-7-8-14(20)12-19(5)11-9-16(4,15(17)21)18-13(2)3/h13-14,18H,6-12H2,1-5H3,(H2,17,21). The molecular weight excluding hydrogens is 264 g/mol. The topological polar surface area (TPSA) is 61.6 Å². The number of primary amides is 1. The summed E-state index contributed by atoms with van der Waals surface area (Å²) in [5.74, 6) is -0.263. The summed E-state index contributed by atoms with van der Waals surface area (Å²) in [5, 5.41) is 3.31. The van der Waals surface area contributed by atoms with Crippen LogP contribution in [-0.4, -0.2) is 66.6 Å². The van der Waals surface area contributed by atoms with Crippen LogP contribution in [-0.2, 0) is 4.79 Å². The van der Waals surface area contributed by atoms with Crippen LogP contribution in [0.4, 0.5) is 0 Å². The summed E-state index contributed by atoms with van der Waals surface area (Å²) in [6.45, 7) is 12.5. The zero-order valence-electron chi connectivity index (χ0n) is 14.5. The van der Waals surface area contributed by atoms with Crippen molar-refractivity contribution in [2.45, 2.75) is 64.6 Å². The van der Waals surface area contributed by atoms with Crippen molar-refractivity contribution in [2.24, 2.45) is 5.73 Å². The Labute approximate surface area is 130 Å². The summed E-state index contributed by atoms with van der Waals surface area (Å²) in [5.41, 5.74) is 4.96. The Kier molecular flexibility index (Phi) is 7.10. The lowest BCUT2D eigenvalue weighted by Crippen LogP contribution is -2.56. The maximum absolute atomic E-state index is 11.7. The molecule has 1 amide bonds. The average Bonchev–Trinajstić information content (AvgIpc) is 2.82. The van der Waals surface area contributed by atoms with E-state index in [1.807, 2.05) is 20.8 Å². The van der Waals surface area contributed by atoms with Crippen LogP contribution in [0.2, 0.25) is 0 Å². The van der Waals surface area contributed by atoms with E-state index in [0.717, 1.165) is 26.1 Å². The van der Waals surface area contributed by atoms with Gasteiger partial charge in [0.15, 0.2) is 0 Å². The van der Waals surface area contributed by atoms with E-state index >= 15 is 0 Å². The Hall–Kier alpha value is -0.650. The van der Waals surface area contributed by atoms with Gasteiger partial charge in [-0.25, -0.2) is 0 Å². The van der Waals surface area contributed by atoms with Gasteiger partial charge in [0.05, 0.1) is 5.54 Å². The van der Waals surface area contributed by atoms with Crippen LogP contribution in [0, 0.1) is 0 Å². The minimum absolute atomic E-state index is 0.248. The second kappa shape index (κ2) is 8.11. The third-order valence-electron chi connectivity index (χ3n) is 4.57. The number of nitrogens with one attached hydrogen (secondary N) is 1. The molecule has 0 aromatic heterocycles. The number of likely N-dealkylation sites (tertiary alicyclic amines) is 1. The lowest BCUT2D eigenvalue weighted by Gasteiger charge is -2.33. The lowest BCUT2D eigenvalue weighted by atomic mass is 9.95. The molecule has 1 aliphatic heterocycles. The van der Waals surface area contributed by atoms with E-state index in [9.17, 15) is 4.79 Å². The zero-order chi connectivity index (χ0) is 16.0. The second-order valence-corrected chi connectivity index (χ2v) is 6.93. The van der Waals surface area contributed by atoms with Crippen LogP contribution in [0.25, 0.3) is 0 Å². The van der Waals surface area contributed by atoms with E-state index in [4.69, 9.17) is 5.73 Å². The smallest absolute Gasteiger partial charge is 0.237 e. The fourth-order valence-electron chi connectivity index (χ4n) is 3.29. The summed E-state index contributed by atoms with van der Waals surface area (Å²) in [4.78, 5) is 16.6. The Bertz CT molecular complexity index is 334. The Balaban J connectivity index is 2.46. The van der Waals surface area contributed by atoms with Gasteiger partial charge in [-0.1, -0.05) is 6.92 Å². The molecule has 1 heterocycles. The number of carbonyl (C=O) groups is 1. The molecule has 0 bridgehead atoms. The number of nitrogens with zero attached hydrogens (tertiary/aromatic N) is 2. The molecule has 2 atom stereocenters. The van der Waals surface area contributed by atoms with E-state index < -0.39 is 5.54 Å². The molecule has 5 heteroatoms. The number of rotatable bonds is 9. The van der Waals surface area contributed by atoms with Crippen molar-refractivity contribution in [3.63, 3.8) is 0 Å². The van der Waals surface area contributed by atoms with Crippen LogP contribution < -0.4 is 11.1 Å². The SMILES string of the molecule is CCN1CCCC1CN(C)CCC(C)(NC(C)C)C(N)=O. The molecule has 0 spiro atoms. The molecule has 3 N–H and O–H groups in total. The van der Waals surface area contributed by atoms with Crippen LogP contribution in [0.5, 0.6) is 0 Å². The van der Waals surface area contributed by atoms with Crippen LogP contribution >= 0.6 is 0 Å². The number of nitrogens with two attached hydrogens (primary N) is 1. The van der Waals surface area contributed by atoms with Crippen LogP contribution in [0.3, 0.4) is 0 Å². The van der Waals surface area contributed by atoms with Crippen molar-refractivity contribution in [3.8, 4) is 0 Å². The van der Waals surface area contributed by atoms with E-state index in [2.05, 4.69) is 29.1 Å². The minimum Gasteiger partial charge on any atom is -0.368 e. The highest BCUT2D eigenvalue weighted by Gasteiger charge is 2.32. The first kappa shape index (κ1) is 18.4. The lowest BCUT2D eigenvalue weighted by molar-refractivity contribution is -0.124. The highest BCUT2D eigenvalue weighted by molar-refractivity contribution is 5.84. The zero-order valence-corrected chi connectivity index (χ0v) is 14.5. The van der Waals surface area contributed by atoms with Gasteiger partial charge < -0.3 is 16.0 Å². The van der Waals surface area contributed by atoms with Gasteiger partial charge in [-0.3, -0.25) is 9.69 Å². The average molecular weight is 298 g/mol. The van der Waals surface area contributed by atoms with E-state index in [1.165, 1.54) is 19.4 Å². The monoisotopic (exact) mass is 298 g/mol. The molecule has 1 fully saturated rings. The van der Waals surface area contributed by atoms with Crippen molar-refractivity contribution in [2.75, 3.05) is 33.2 Å². The number of likely N-dealkylation sites (N-methyl/N-ethyl adjacent to an activating group) is 2. The van der Waals surface area contributed by atoms with Crippen molar-refractivity contribution in [3.05, 3.63) is 0 Å². The molecule has 5 nitrogen and oxygen atoms in total. The van der Waals surface area contributed by atoms with Gasteiger partial charge in [0.2, 0.25) is 5.91 Å². The molecule has 21 heavy (non-hydrogen) atoms. The van der Waals surface area contributed by atoms with Gasteiger partial charge in [-0.2, -0.15) is 0 Å². The predicted molar refractivity (Wildman–Crippen MR) is 88.3 cm³/mol. The van der Waals surface area contributed by atoms with Crippen LogP contribution in [0.1, 0.15) is 47.0 Å². The highest BCUT2D eigenvalue weighted by Crippen LogP contribution is 2.18. The normalized spacial score (nSPS) is 22.9. The molecule has 0 saturated carbocycles. The van der Waals surface area contributed by atoms with Gasteiger partial charge in [0.1, 0.15) is 0 Å². The first-order valence-electron chi connectivity index (χ1n) is 8.28. The number of carbonyl (C=O) groups excluding carboxylic acids is 1. The summed E-state index contributed by atoms with van der Waals surface area (Å²) < 4.78 is 0. The number of hydrogen-bond donors (Lipinski definition) is 2. The molecule has 1 aliphatic rings. The number of amides is 1. The fourth-order valence-corrected chi connectivity index (χ4v) is 3.29. The maximum Gasteiger partial charge on any atom is 0.237 e. The van der Waals surface area contributed by atoms with E-state index in [1.54, 1.807) is 0 Å². The van der Waals surface area contributed by atoms with Crippen LogP contribution in [0.15, 0.2) is 0 Å². The minimum atomic E-state index is -0.622. The van der Waals surface area contributed by atoms with Crippen molar-refractivity contribution in [1.82, 2.24) is 15.1 Å². The first-order chi connectivity index (χ1) is 9.78. The van der Waals surface area contributed by atoms with E-state index in [-0.39, 0.29) is 11.9 Å². The van der Waals surface area contributed by atoms with Gasteiger partial charge in [0.25, 0.3) is 0 Å². The third-order valence-corrected chi connectivity index (χ3v) is 4.57. The molecule has 0 aromatic rings. The molecule has 124 valence electrons. The fraction of sp³-hybridized carbons (Fsp3) is 0.938. The largest absolute Gasteiger partial charge is 0.368 e. The molecular formula is C16H34N4O. The molecule has 0 radical (unpaired) electrons.